The minimum atomic E-state index is -0.368. The lowest BCUT2D eigenvalue weighted by Gasteiger charge is -2.32. The van der Waals surface area contributed by atoms with Crippen LogP contribution in [0.2, 0.25) is 5.02 Å². The molecule has 0 amide bonds. The zero-order valence-electron chi connectivity index (χ0n) is 10.2. The Morgan fingerprint density at radius 3 is 3.11 bits per heavy atom. The molecule has 1 aromatic rings. The molecular weight excluding hydrogens is 334 g/mol. The number of ether oxygens (including phenoxy) is 1. The second-order valence-corrected chi connectivity index (χ2v) is 5.68. The van der Waals surface area contributed by atoms with Crippen LogP contribution in [0, 0.1) is 0 Å². The lowest BCUT2D eigenvalue weighted by Crippen LogP contribution is -2.48. The summed E-state index contributed by atoms with van der Waals surface area (Å²) in [6.45, 7) is 2.64. The van der Waals surface area contributed by atoms with E-state index >= 15 is 0 Å². The van der Waals surface area contributed by atoms with Gasteiger partial charge in [0.15, 0.2) is 5.84 Å². The van der Waals surface area contributed by atoms with E-state index in [4.69, 9.17) is 27.3 Å². The van der Waals surface area contributed by atoms with Gasteiger partial charge in [0.1, 0.15) is 6.10 Å². The molecule has 0 radical (unpaired) electrons. The summed E-state index contributed by atoms with van der Waals surface area (Å²) >= 11 is 9.58. The Bertz CT molecular complexity index is 484. The van der Waals surface area contributed by atoms with E-state index in [-0.39, 0.29) is 11.9 Å². The standard InChI is InChI=1S/C12H15BrClN3O2/c13-9-2-1-8(10(14)5-9)6-17-3-4-19-11(7-17)12(15)16-18/h1-2,5,11,18H,3-4,6-7H2,(H2,15,16). The molecule has 1 aliphatic heterocycles. The smallest absolute Gasteiger partial charge is 0.169 e. The first-order chi connectivity index (χ1) is 9.10. The van der Waals surface area contributed by atoms with Crippen molar-refractivity contribution in [1.29, 1.82) is 0 Å². The molecule has 1 atom stereocenters. The Morgan fingerprint density at radius 1 is 1.63 bits per heavy atom. The molecule has 1 aromatic carbocycles. The summed E-state index contributed by atoms with van der Waals surface area (Å²) < 4.78 is 6.41. The molecule has 1 unspecified atom stereocenters. The van der Waals surface area contributed by atoms with Crippen LogP contribution in [-0.2, 0) is 11.3 Å². The predicted octanol–water partition coefficient (Wildman–Crippen LogP) is 2.05. The molecule has 1 fully saturated rings. The summed E-state index contributed by atoms with van der Waals surface area (Å²) in [6, 6.07) is 5.82. The van der Waals surface area contributed by atoms with Crippen molar-refractivity contribution in [3.8, 4) is 0 Å². The van der Waals surface area contributed by atoms with E-state index in [1.54, 1.807) is 0 Å². The van der Waals surface area contributed by atoms with Crippen LogP contribution in [0.1, 0.15) is 5.56 Å². The van der Waals surface area contributed by atoms with Crippen molar-refractivity contribution >= 4 is 33.4 Å². The monoisotopic (exact) mass is 347 g/mol. The van der Waals surface area contributed by atoms with Crippen molar-refractivity contribution in [2.24, 2.45) is 10.9 Å². The molecule has 7 heteroatoms. The number of rotatable bonds is 3. The zero-order chi connectivity index (χ0) is 13.8. The fraction of sp³-hybridized carbons (Fsp3) is 0.417. The van der Waals surface area contributed by atoms with Gasteiger partial charge in [-0.3, -0.25) is 4.90 Å². The lowest BCUT2D eigenvalue weighted by molar-refractivity contribution is 0.00142. The largest absolute Gasteiger partial charge is 0.409 e. The molecule has 5 nitrogen and oxygen atoms in total. The predicted molar refractivity (Wildman–Crippen MR) is 77.6 cm³/mol. The number of halogens is 2. The number of morpholine rings is 1. The molecule has 104 valence electrons. The minimum Gasteiger partial charge on any atom is -0.409 e. The topological polar surface area (TPSA) is 71.1 Å². The number of nitrogens with zero attached hydrogens (tertiary/aromatic N) is 2. The van der Waals surface area contributed by atoms with Crippen molar-refractivity contribution in [2.75, 3.05) is 19.7 Å². The maximum atomic E-state index is 8.68. The molecule has 0 aromatic heterocycles. The van der Waals surface area contributed by atoms with Crippen LogP contribution in [0.4, 0.5) is 0 Å². The summed E-state index contributed by atoms with van der Waals surface area (Å²) in [4.78, 5) is 2.17. The Hall–Kier alpha value is -0.820. The van der Waals surface area contributed by atoms with Gasteiger partial charge >= 0.3 is 0 Å². The number of benzene rings is 1. The van der Waals surface area contributed by atoms with E-state index in [0.29, 0.717) is 19.7 Å². The summed E-state index contributed by atoms with van der Waals surface area (Å²) in [5.74, 6) is 0.103. The van der Waals surface area contributed by atoms with Gasteiger partial charge in [-0.2, -0.15) is 0 Å². The van der Waals surface area contributed by atoms with E-state index in [2.05, 4.69) is 26.0 Å². The number of nitrogens with two attached hydrogens (primary N) is 1. The van der Waals surface area contributed by atoms with Gasteiger partial charge in [-0.05, 0) is 17.7 Å². The molecule has 0 bridgehead atoms. The van der Waals surface area contributed by atoms with Gasteiger partial charge in [-0.25, -0.2) is 0 Å². The van der Waals surface area contributed by atoms with E-state index in [1.807, 2.05) is 18.2 Å². The fourth-order valence-corrected chi connectivity index (χ4v) is 2.71. The van der Waals surface area contributed by atoms with Crippen LogP contribution in [0.15, 0.2) is 27.8 Å². The highest BCUT2D eigenvalue weighted by Crippen LogP contribution is 2.23. The molecule has 1 saturated heterocycles. The summed E-state index contributed by atoms with van der Waals surface area (Å²) in [5.41, 5.74) is 6.62. The van der Waals surface area contributed by atoms with Crippen LogP contribution in [0.3, 0.4) is 0 Å². The van der Waals surface area contributed by atoms with E-state index < -0.39 is 0 Å². The first-order valence-corrected chi connectivity index (χ1v) is 7.02. The number of oxime groups is 1. The maximum absolute atomic E-state index is 8.68. The lowest BCUT2D eigenvalue weighted by atomic mass is 10.2. The first-order valence-electron chi connectivity index (χ1n) is 5.85. The molecule has 0 spiro atoms. The Morgan fingerprint density at radius 2 is 2.42 bits per heavy atom. The van der Waals surface area contributed by atoms with E-state index in [0.717, 1.165) is 21.6 Å². The Labute approximate surface area is 125 Å². The number of amidine groups is 1. The molecule has 1 heterocycles. The summed E-state index contributed by atoms with van der Waals surface area (Å²) in [7, 11) is 0. The van der Waals surface area contributed by atoms with Crippen LogP contribution >= 0.6 is 27.5 Å². The van der Waals surface area contributed by atoms with E-state index in [9.17, 15) is 0 Å². The van der Waals surface area contributed by atoms with Crippen molar-refractivity contribution in [2.45, 2.75) is 12.6 Å². The average Bonchev–Trinajstić information content (AvgIpc) is 2.41. The third kappa shape index (κ3) is 3.82. The van der Waals surface area contributed by atoms with Crippen molar-refractivity contribution in [1.82, 2.24) is 4.90 Å². The zero-order valence-corrected chi connectivity index (χ0v) is 12.6. The molecule has 2 rings (SSSR count). The Balaban J connectivity index is 2.02. The molecule has 0 saturated carbocycles. The van der Waals surface area contributed by atoms with Gasteiger partial charge in [-0.15, -0.1) is 0 Å². The molecule has 19 heavy (non-hydrogen) atoms. The normalized spacial score (nSPS) is 21.6. The van der Waals surface area contributed by atoms with Crippen LogP contribution in [0.5, 0.6) is 0 Å². The van der Waals surface area contributed by atoms with Gasteiger partial charge in [0.25, 0.3) is 0 Å². The van der Waals surface area contributed by atoms with Crippen LogP contribution < -0.4 is 5.73 Å². The fourth-order valence-electron chi connectivity index (χ4n) is 1.98. The quantitative estimate of drug-likeness (QED) is 0.379. The third-order valence-electron chi connectivity index (χ3n) is 3.00. The van der Waals surface area contributed by atoms with Crippen LogP contribution in [0.25, 0.3) is 0 Å². The highest BCUT2D eigenvalue weighted by Gasteiger charge is 2.24. The van der Waals surface area contributed by atoms with Crippen molar-refractivity contribution in [3.63, 3.8) is 0 Å². The molecular formula is C12H15BrClN3O2. The molecule has 3 N–H and O–H groups in total. The van der Waals surface area contributed by atoms with Gasteiger partial charge in [0, 0.05) is 29.1 Å². The maximum Gasteiger partial charge on any atom is 0.169 e. The molecule has 0 aliphatic carbocycles. The van der Waals surface area contributed by atoms with Crippen LogP contribution in [-0.4, -0.2) is 41.7 Å². The Kier molecular flexibility index (Phi) is 5.04. The van der Waals surface area contributed by atoms with Crippen molar-refractivity contribution < 1.29 is 9.94 Å². The SMILES string of the molecule is N/C(=N/O)C1CN(Cc2ccc(Br)cc2Cl)CCO1. The third-order valence-corrected chi connectivity index (χ3v) is 3.85. The van der Waals surface area contributed by atoms with Gasteiger partial charge < -0.3 is 15.7 Å². The van der Waals surface area contributed by atoms with E-state index in [1.165, 1.54) is 0 Å². The first kappa shape index (κ1) is 14.6. The second-order valence-electron chi connectivity index (χ2n) is 4.36. The summed E-state index contributed by atoms with van der Waals surface area (Å²) in [6.07, 6.45) is -0.368. The highest BCUT2D eigenvalue weighted by atomic mass is 79.9. The van der Waals surface area contributed by atoms with Gasteiger partial charge in [0.2, 0.25) is 0 Å². The second kappa shape index (κ2) is 6.56. The van der Waals surface area contributed by atoms with Gasteiger partial charge in [0.05, 0.1) is 6.61 Å². The highest BCUT2D eigenvalue weighted by molar-refractivity contribution is 9.10. The van der Waals surface area contributed by atoms with Gasteiger partial charge in [-0.1, -0.05) is 38.8 Å². The summed E-state index contributed by atoms with van der Waals surface area (Å²) in [5, 5.41) is 12.4. The number of hydrogen-bond acceptors (Lipinski definition) is 4. The average molecular weight is 349 g/mol. The van der Waals surface area contributed by atoms with Crippen molar-refractivity contribution in [3.05, 3.63) is 33.3 Å². The minimum absolute atomic E-state index is 0.103. The number of hydrogen-bond donors (Lipinski definition) is 2. The molecule has 1 aliphatic rings.